The van der Waals surface area contributed by atoms with Crippen molar-refractivity contribution in [1.82, 2.24) is 14.5 Å². The van der Waals surface area contributed by atoms with Crippen molar-refractivity contribution in [2.45, 2.75) is 44.9 Å². The molecular weight excluding hydrogens is 441 g/mol. The molecule has 2 amide bonds. The number of methoxy groups -OCH3 is 1. The third-order valence-electron chi connectivity index (χ3n) is 5.91. The number of aryl methyl sites for hydroxylation is 3. The Morgan fingerprint density at radius 3 is 2.41 bits per heavy atom. The van der Waals surface area contributed by atoms with E-state index in [1.54, 1.807) is 20.4 Å². The summed E-state index contributed by atoms with van der Waals surface area (Å²) in [6.45, 7) is 0.568. The maximum absolute atomic E-state index is 13.1. The minimum absolute atomic E-state index is 0. The van der Waals surface area contributed by atoms with Crippen molar-refractivity contribution in [3.63, 3.8) is 0 Å². The molecule has 2 aliphatic rings. The summed E-state index contributed by atoms with van der Waals surface area (Å²) in [4.78, 5) is 12.8. The van der Waals surface area contributed by atoms with Crippen LogP contribution in [0.5, 0.6) is 0 Å². The molecule has 11 heteroatoms. The van der Waals surface area contributed by atoms with Crippen molar-refractivity contribution in [2.24, 2.45) is 7.05 Å². The number of hydrogen-bond donors (Lipinski definition) is 2. The van der Waals surface area contributed by atoms with Crippen LogP contribution in [0.15, 0.2) is 18.5 Å². The molecule has 0 unspecified atom stereocenters. The van der Waals surface area contributed by atoms with Crippen LogP contribution in [0.2, 0.25) is 0 Å². The number of rotatable bonds is 8. The monoisotopic (exact) mass is 471 g/mol. The van der Waals surface area contributed by atoms with Gasteiger partial charge in [-0.25, -0.2) is 9.52 Å². The number of nitrogens with zero attached hydrogens (tertiary/aromatic N) is 3. The Morgan fingerprint density at radius 1 is 1.19 bits per heavy atom. The number of amides is 2. The Hall–Kier alpha value is -1.59. The number of benzene rings is 1. The van der Waals surface area contributed by atoms with Gasteiger partial charge in [-0.05, 0) is 67.2 Å². The Balaban J connectivity index is 0.00000289. The molecule has 0 fully saturated rings. The number of ether oxygens (including phenoxy) is 1. The van der Waals surface area contributed by atoms with Gasteiger partial charge < -0.3 is 10.1 Å². The fraction of sp³-hybridized carbons (Fsp3) is 0.524. The zero-order valence-electron chi connectivity index (χ0n) is 18.0. The summed E-state index contributed by atoms with van der Waals surface area (Å²) in [5.41, 5.74) is 6.04. The number of nitrogens with one attached hydrogen (secondary N) is 2. The van der Waals surface area contributed by atoms with Crippen molar-refractivity contribution in [3.05, 3.63) is 40.7 Å². The third-order valence-corrected chi connectivity index (χ3v) is 7.33. The minimum atomic E-state index is -4.13. The van der Waals surface area contributed by atoms with Crippen LogP contribution in [0.1, 0.15) is 41.5 Å². The van der Waals surface area contributed by atoms with Gasteiger partial charge in [0.05, 0.1) is 11.9 Å². The van der Waals surface area contributed by atoms with Crippen LogP contribution in [-0.2, 0) is 47.7 Å². The normalized spacial score (nSPS) is 14.4. The molecule has 9 nitrogen and oxygen atoms in total. The molecule has 0 aliphatic heterocycles. The summed E-state index contributed by atoms with van der Waals surface area (Å²) in [6, 6.07) is 1.53. The first kappa shape index (κ1) is 25.0. The first-order chi connectivity index (χ1) is 14.9. The van der Waals surface area contributed by atoms with E-state index in [9.17, 15) is 13.2 Å². The molecule has 0 saturated carbocycles. The average Bonchev–Trinajstić information content (AvgIpc) is 3.45. The van der Waals surface area contributed by atoms with Gasteiger partial charge in [-0.2, -0.15) is 13.5 Å². The molecule has 0 spiro atoms. The first-order valence-electron chi connectivity index (χ1n) is 10.6. The number of fused-ring (bicyclic) bond motifs is 2. The van der Waals surface area contributed by atoms with Crippen LogP contribution >= 0.6 is 0 Å². The van der Waals surface area contributed by atoms with E-state index in [4.69, 9.17) is 4.74 Å². The van der Waals surface area contributed by atoms with Crippen LogP contribution in [0.25, 0.3) is 0 Å². The number of anilines is 2. The predicted octanol–water partition coefficient (Wildman–Crippen LogP) is 1.66. The van der Waals surface area contributed by atoms with Crippen LogP contribution in [0.4, 0.5) is 16.2 Å². The summed E-state index contributed by atoms with van der Waals surface area (Å²) in [5.74, 6) is 0. The predicted molar refractivity (Wildman–Crippen MR) is 126 cm³/mol. The summed E-state index contributed by atoms with van der Waals surface area (Å²) >= 11 is 0. The van der Waals surface area contributed by atoms with Gasteiger partial charge in [0.25, 0.3) is 0 Å². The second-order valence-electron chi connectivity index (χ2n) is 8.09. The fourth-order valence-corrected chi connectivity index (χ4v) is 5.69. The summed E-state index contributed by atoms with van der Waals surface area (Å²) in [6.07, 6.45) is 9.47. The third kappa shape index (κ3) is 5.31. The van der Waals surface area contributed by atoms with E-state index in [1.807, 2.05) is 0 Å². The zero-order valence-corrected chi connectivity index (χ0v) is 18.8. The second-order valence-corrected chi connectivity index (χ2v) is 9.68. The van der Waals surface area contributed by atoms with Gasteiger partial charge in [0.2, 0.25) is 0 Å². The molecule has 0 radical (unpaired) electrons. The molecule has 0 atom stereocenters. The van der Waals surface area contributed by atoms with Gasteiger partial charge in [0.1, 0.15) is 0 Å². The first-order valence-corrected chi connectivity index (χ1v) is 12.1. The summed E-state index contributed by atoms with van der Waals surface area (Å²) < 4.78 is 36.1. The quantitative estimate of drug-likeness (QED) is 0.450. The second kappa shape index (κ2) is 10.6. The number of carbonyl (C=O) groups is 1. The van der Waals surface area contributed by atoms with Crippen molar-refractivity contribution in [3.8, 4) is 0 Å². The van der Waals surface area contributed by atoms with Crippen LogP contribution in [0.3, 0.4) is 0 Å². The Bertz CT molecular complexity index is 1050. The molecule has 170 valence electrons. The van der Waals surface area contributed by atoms with E-state index in [2.05, 4.69) is 21.2 Å². The van der Waals surface area contributed by atoms with E-state index < -0.39 is 16.2 Å². The van der Waals surface area contributed by atoms with Crippen molar-refractivity contribution in [2.75, 3.05) is 29.9 Å². The SMILES string of the molecule is COCCCN(c1cnn(C)c1)S(=O)(=O)NC(=O)Nc1c2c(cc3c1CCC3)CCC2.[NaH]. The fourth-order valence-electron chi connectivity index (χ4n) is 4.56. The van der Waals surface area contributed by atoms with Gasteiger partial charge in [0, 0.05) is 39.2 Å². The van der Waals surface area contributed by atoms with E-state index in [0.29, 0.717) is 18.7 Å². The molecule has 1 aromatic heterocycles. The van der Waals surface area contributed by atoms with E-state index in [-0.39, 0.29) is 36.1 Å². The molecule has 0 bridgehead atoms. The van der Waals surface area contributed by atoms with Gasteiger partial charge in [0.15, 0.2) is 0 Å². The van der Waals surface area contributed by atoms with Gasteiger partial charge >= 0.3 is 45.8 Å². The number of aromatic nitrogens is 2. The molecule has 2 aromatic rings. The maximum atomic E-state index is 13.1. The number of carbonyl (C=O) groups excluding carboxylic acids is 1. The van der Waals surface area contributed by atoms with E-state index >= 15 is 0 Å². The van der Waals surface area contributed by atoms with Gasteiger partial charge in [-0.1, -0.05) is 6.07 Å². The molecule has 32 heavy (non-hydrogen) atoms. The number of hydrogen-bond acceptors (Lipinski definition) is 5. The number of urea groups is 1. The average molecular weight is 472 g/mol. The van der Waals surface area contributed by atoms with E-state index in [1.165, 1.54) is 22.0 Å². The summed E-state index contributed by atoms with van der Waals surface area (Å²) in [5, 5.41) is 6.93. The topological polar surface area (TPSA) is 106 Å². The molecular formula is C21H30N5NaO4S. The standard InChI is InChI=1S/C21H29N5O4S.Na.H/c1-25-14-17(13-22-25)26(10-5-11-30-2)31(28,29)24-21(27)23-20-18-8-3-6-15(18)12-16-7-4-9-19(16)20;;/h12-14H,3-11H2,1-2H3,(H2,23,24,27);;. The van der Waals surface area contributed by atoms with Gasteiger partial charge in [-0.3, -0.25) is 8.99 Å². The van der Waals surface area contributed by atoms with E-state index in [0.717, 1.165) is 59.6 Å². The van der Waals surface area contributed by atoms with Crippen LogP contribution < -0.4 is 14.3 Å². The molecule has 1 heterocycles. The Labute approximate surface area is 211 Å². The van der Waals surface area contributed by atoms with Crippen molar-refractivity contribution >= 4 is 57.2 Å². The Morgan fingerprint density at radius 2 is 1.84 bits per heavy atom. The van der Waals surface area contributed by atoms with Crippen molar-refractivity contribution < 1.29 is 17.9 Å². The van der Waals surface area contributed by atoms with Crippen LogP contribution in [0, 0.1) is 0 Å². The molecule has 2 N–H and O–H groups in total. The van der Waals surface area contributed by atoms with Crippen molar-refractivity contribution in [1.29, 1.82) is 0 Å². The Kier molecular flexibility index (Phi) is 8.26. The van der Waals surface area contributed by atoms with Gasteiger partial charge in [-0.15, -0.1) is 0 Å². The molecule has 4 rings (SSSR count). The molecule has 2 aliphatic carbocycles. The zero-order chi connectivity index (χ0) is 22.0. The van der Waals surface area contributed by atoms with Crippen LogP contribution in [-0.4, -0.2) is 74.0 Å². The summed E-state index contributed by atoms with van der Waals surface area (Å²) in [7, 11) is -0.858. The molecule has 1 aromatic carbocycles. The molecule has 0 saturated heterocycles.